The van der Waals surface area contributed by atoms with Crippen LogP contribution < -0.4 is 23.0 Å². The Morgan fingerprint density at radius 3 is 1.46 bits per heavy atom. The fraction of sp³-hybridized carbons (Fsp3) is 0.297. The maximum atomic E-state index is 13.8. The molecule has 6 aliphatic rings. The van der Waals surface area contributed by atoms with Gasteiger partial charge in [-0.15, -0.1) is 34.3 Å². The van der Waals surface area contributed by atoms with E-state index in [2.05, 4.69) is 50.6 Å². The number of nitrogens with zero attached hydrogens (tertiary/aromatic N) is 3. The van der Waals surface area contributed by atoms with E-state index in [4.69, 9.17) is 26.3 Å². The molecule has 6 fully saturated rings. The number of fused-ring (bicyclic) bond motifs is 8. The van der Waals surface area contributed by atoms with Gasteiger partial charge in [-0.05, 0) is 89.8 Å². The molecular formula is C64H65Cl2N5O6S2. The second-order valence-electron chi connectivity index (χ2n) is 20.3. The first kappa shape index (κ1) is 58.3. The van der Waals surface area contributed by atoms with Gasteiger partial charge in [0.05, 0.1) is 25.0 Å². The summed E-state index contributed by atoms with van der Waals surface area (Å²) in [7, 11) is 0. The molecule has 6 saturated heterocycles. The van der Waals surface area contributed by atoms with E-state index >= 15 is 0 Å². The molecule has 0 saturated carbocycles. The number of ketones is 2. The number of carbonyl (C=O) groups is 4. The van der Waals surface area contributed by atoms with Crippen molar-refractivity contribution in [2.45, 2.75) is 56.9 Å². The van der Waals surface area contributed by atoms with Crippen LogP contribution in [0.2, 0.25) is 0 Å². The molecule has 408 valence electrons. The average molecular weight is 1140 g/mol. The minimum atomic E-state index is -0.603. The molecular weight excluding hydrogens is 1070 g/mol. The Morgan fingerprint density at radius 1 is 0.608 bits per heavy atom. The molecule has 11 nitrogen and oxygen atoms in total. The molecule has 8 heterocycles. The monoisotopic (exact) mass is 1130 g/mol. The number of Topliss-reactive ketones (excluding diaryl/α,β-unsaturated/α-hetero) is 2. The predicted molar refractivity (Wildman–Crippen MR) is 314 cm³/mol. The number of thiophene rings is 2. The van der Waals surface area contributed by atoms with Gasteiger partial charge in [-0.25, -0.2) is 9.59 Å². The number of hydrogen-bond donors (Lipinski definition) is 2. The summed E-state index contributed by atoms with van der Waals surface area (Å²) in [5.41, 5.74) is 5.18. The van der Waals surface area contributed by atoms with Crippen molar-refractivity contribution in [3.05, 3.63) is 203 Å². The Morgan fingerprint density at radius 2 is 1.01 bits per heavy atom. The van der Waals surface area contributed by atoms with Crippen molar-refractivity contribution in [1.82, 2.24) is 4.90 Å². The third-order valence-electron chi connectivity index (χ3n) is 15.2. The highest BCUT2D eigenvalue weighted by molar-refractivity contribution is 7.17. The van der Waals surface area contributed by atoms with E-state index in [0.717, 1.165) is 102 Å². The molecule has 2 N–H and O–H groups in total. The van der Waals surface area contributed by atoms with Gasteiger partial charge in [0, 0.05) is 75.3 Å². The number of carbonyl (C=O) groups excluding carboxylic acids is 4. The topological polar surface area (TPSA) is 138 Å². The molecule has 0 amide bonds. The number of benzene rings is 6. The SMILES string of the molecule is CC#N.O=C(CCl)c1ccccc1.O=C(C[N+]12CCC(CC1)[C@@H](OC(=O)[C@H](Nc1ccccc1)c1csc3ccccc13)C2)c1ccccc1.O=C(O[C@H]1CN2CCC1CC2)[C@H](Nc1ccccc1)c1csc2ccccc12.[Cl-]. The number of alkyl halides is 1. The van der Waals surface area contributed by atoms with Crippen LogP contribution >= 0.6 is 34.3 Å². The summed E-state index contributed by atoms with van der Waals surface area (Å²) in [6.07, 6.45) is 4.08. The molecule has 6 aliphatic heterocycles. The van der Waals surface area contributed by atoms with E-state index < -0.39 is 12.1 Å². The molecule has 6 aromatic carbocycles. The smallest absolute Gasteiger partial charge is 0.333 e. The first-order valence-corrected chi connectivity index (χ1v) is 29.0. The molecule has 0 spiro atoms. The molecule has 15 heteroatoms. The molecule has 4 atom stereocenters. The quantitative estimate of drug-likeness (QED) is 0.0442. The number of nitriles is 1. The number of para-hydroxylation sites is 2. The lowest BCUT2D eigenvalue weighted by molar-refractivity contribution is -0.938. The molecule has 4 bridgehead atoms. The lowest BCUT2D eigenvalue weighted by Gasteiger charge is -2.51. The van der Waals surface area contributed by atoms with Gasteiger partial charge in [0.1, 0.15) is 19.2 Å². The summed E-state index contributed by atoms with van der Waals surface area (Å²) in [4.78, 5) is 53.5. The van der Waals surface area contributed by atoms with Gasteiger partial charge in [0.15, 0.2) is 24.0 Å². The van der Waals surface area contributed by atoms with Gasteiger partial charge in [0.25, 0.3) is 0 Å². The normalized spacial score (nSPS) is 21.1. The third kappa shape index (κ3) is 14.9. The molecule has 8 aromatic rings. The van der Waals surface area contributed by atoms with Crippen LogP contribution in [0.5, 0.6) is 0 Å². The van der Waals surface area contributed by atoms with E-state index in [1.807, 2.05) is 133 Å². The van der Waals surface area contributed by atoms with Crippen molar-refractivity contribution < 1.29 is 45.5 Å². The Bertz CT molecular complexity index is 3290. The molecule has 14 rings (SSSR count). The standard InChI is InChI=1S/C31H31N2O3S.C23H24N2O2S.C8H7ClO.C2H3N.ClH/c34-27(22-9-3-1-4-10-22)19-33-17-15-23(16-18-33)28(20-33)36-31(35)30(32-24-11-5-2-6-12-24)26-21-37-29-14-8-7-13-25(26)29;26-23(27-20-14-25-12-10-16(20)11-13-25)22(24-17-6-2-1-3-7-17)19-15-28-21-9-5-4-8-18(19)21;9-6-8(10)7-4-2-1-3-5-7;1-2-3;/h1-14,21,23,28,30,32H,15-20H2;1-9,15-16,20,22,24H,10-14H2;1-5H,6H2;1H3;1H/q+1;;;;/p-1/t23?,28-,30+,33?;20-,22+;;;/m00.../s1. The fourth-order valence-corrected chi connectivity index (χ4v) is 13.3. The van der Waals surface area contributed by atoms with Gasteiger partial charge in [-0.1, -0.05) is 133 Å². The van der Waals surface area contributed by atoms with Crippen LogP contribution in [0.3, 0.4) is 0 Å². The Hall–Kier alpha value is -6.89. The minimum Gasteiger partial charge on any atom is -1.00 e. The zero-order valence-corrected chi connectivity index (χ0v) is 47.3. The van der Waals surface area contributed by atoms with E-state index in [9.17, 15) is 19.2 Å². The molecule has 0 unspecified atom stereocenters. The van der Waals surface area contributed by atoms with E-state index in [1.54, 1.807) is 40.9 Å². The van der Waals surface area contributed by atoms with Gasteiger partial charge in [0.2, 0.25) is 5.78 Å². The minimum absolute atomic E-state index is 0. The highest BCUT2D eigenvalue weighted by Gasteiger charge is 2.49. The van der Waals surface area contributed by atoms with Gasteiger partial charge >= 0.3 is 11.9 Å². The van der Waals surface area contributed by atoms with Crippen LogP contribution in [0.1, 0.15) is 76.5 Å². The summed E-state index contributed by atoms with van der Waals surface area (Å²) in [6.45, 7) is 7.69. The Kier molecular flexibility index (Phi) is 20.9. The maximum Gasteiger partial charge on any atom is 0.333 e. The number of nitrogens with one attached hydrogen (secondary N) is 2. The second kappa shape index (κ2) is 28.3. The van der Waals surface area contributed by atoms with E-state index in [0.29, 0.717) is 35.0 Å². The third-order valence-corrected chi connectivity index (χ3v) is 17.5. The second-order valence-corrected chi connectivity index (χ2v) is 22.3. The number of piperidine rings is 6. The van der Waals surface area contributed by atoms with E-state index in [-0.39, 0.29) is 54.0 Å². The number of ether oxygens (including phenoxy) is 2. The van der Waals surface area contributed by atoms with Crippen molar-refractivity contribution in [3.63, 3.8) is 0 Å². The summed E-state index contributed by atoms with van der Waals surface area (Å²) in [5, 5.41) is 20.5. The molecule has 0 radical (unpaired) electrons. The first-order chi connectivity index (χ1) is 38.1. The number of anilines is 2. The highest BCUT2D eigenvalue weighted by atomic mass is 35.5. The van der Waals surface area contributed by atoms with Gasteiger partial charge in [-0.3, -0.25) is 14.5 Å². The number of hydrogen-bond acceptors (Lipinski definition) is 12. The predicted octanol–water partition coefficient (Wildman–Crippen LogP) is 10.4. The lowest BCUT2D eigenvalue weighted by atomic mass is 9.82. The zero-order valence-electron chi connectivity index (χ0n) is 44.1. The average Bonchev–Trinajstić information content (AvgIpc) is 4.22. The lowest BCUT2D eigenvalue weighted by Crippen LogP contribution is -3.00. The van der Waals surface area contributed by atoms with Crippen molar-refractivity contribution >= 4 is 89.3 Å². The van der Waals surface area contributed by atoms with Gasteiger partial charge in [-0.2, -0.15) is 5.26 Å². The van der Waals surface area contributed by atoms with Crippen LogP contribution in [0.4, 0.5) is 11.4 Å². The van der Waals surface area contributed by atoms with Crippen molar-refractivity contribution in [2.24, 2.45) is 11.8 Å². The largest absolute Gasteiger partial charge is 1.00 e. The number of halogens is 2. The molecule has 79 heavy (non-hydrogen) atoms. The Balaban J connectivity index is 0.000000172. The van der Waals surface area contributed by atoms with E-state index in [1.165, 1.54) is 11.6 Å². The van der Waals surface area contributed by atoms with Crippen molar-refractivity contribution in [3.8, 4) is 6.07 Å². The number of esters is 2. The van der Waals surface area contributed by atoms with Crippen LogP contribution in [-0.2, 0) is 19.1 Å². The fourth-order valence-electron chi connectivity index (χ4n) is 11.1. The molecule has 2 aromatic heterocycles. The summed E-state index contributed by atoms with van der Waals surface area (Å²) >= 11 is 8.65. The highest BCUT2D eigenvalue weighted by Crippen LogP contribution is 2.39. The number of rotatable bonds is 15. The van der Waals surface area contributed by atoms with Crippen LogP contribution in [0.15, 0.2) is 181 Å². The van der Waals surface area contributed by atoms with Gasteiger partial charge < -0.3 is 37.0 Å². The van der Waals surface area contributed by atoms with Crippen molar-refractivity contribution in [1.29, 1.82) is 5.26 Å². The summed E-state index contributed by atoms with van der Waals surface area (Å²) in [6, 6.07) is 55.3. The maximum absolute atomic E-state index is 13.8. The van der Waals surface area contributed by atoms with Crippen LogP contribution in [0.25, 0.3) is 20.2 Å². The summed E-state index contributed by atoms with van der Waals surface area (Å²) < 4.78 is 15.5. The van der Waals surface area contributed by atoms with Crippen molar-refractivity contribution in [2.75, 3.05) is 62.3 Å². The first-order valence-electron chi connectivity index (χ1n) is 26.7. The summed E-state index contributed by atoms with van der Waals surface area (Å²) in [5.74, 6) is 0.633. The van der Waals surface area contributed by atoms with Crippen LogP contribution in [0, 0.1) is 23.2 Å². The molecule has 0 aliphatic carbocycles. The number of quaternary nitrogens is 1. The van der Waals surface area contributed by atoms with Crippen LogP contribution in [-0.4, -0.2) is 96.8 Å². The zero-order chi connectivity index (χ0) is 54.3. The Labute approximate surface area is 482 Å².